The van der Waals surface area contributed by atoms with Crippen LogP contribution in [-0.4, -0.2) is 10.2 Å². The van der Waals surface area contributed by atoms with Crippen LogP contribution in [0.25, 0.3) is 10.8 Å². The van der Waals surface area contributed by atoms with E-state index in [4.69, 9.17) is 0 Å². The van der Waals surface area contributed by atoms with Gasteiger partial charge in [0.15, 0.2) is 0 Å². The predicted octanol–water partition coefficient (Wildman–Crippen LogP) is 3.37. The molecule has 2 nitrogen and oxygen atoms in total. The van der Waals surface area contributed by atoms with Crippen LogP contribution in [0.15, 0.2) is 30.3 Å². The number of phenolic OH excluding ortho intramolecular Hbond substituents is 2. The Morgan fingerprint density at radius 2 is 1.67 bits per heavy atom. The maximum Gasteiger partial charge on any atom is 0.126 e. The van der Waals surface area contributed by atoms with Gasteiger partial charge in [-0.1, -0.05) is 32.0 Å². The van der Waals surface area contributed by atoms with E-state index in [9.17, 15) is 10.2 Å². The van der Waals surface area contributed by atoms with Crippen LogP contribution in [0.3, 0.4) is 0 Å². The average Bonchev–Trinajstić information content (AvgIpc) is 2.19. The van der Waals surface area contributed by atoms with Crippen molar-refractivity contribution in [2.45, 2.75) is 19.8 Å². The van der Waals surface area contributed by atoms with Crippen LogP contribution in [0.2, 0.25) is 0 Å². The van der Waals surface area contributed by atoms with Crippen LogP contribution in [-0.2, 0) is 0 Å². The van der Waals surface area contributed by atoms with Gasteiger partial charge in [0, 0.05) is 5.39 Å². The quantitative estimate of drug-likeness (QED) is 0.744. The molecule has 0 saturated carbocycles. The SMILES string of the molecule is CC(C)c1ccc2ccc(O)cc2c1O. The van der Waals surface area contributed by atoms with Crippen molar-refractivity contribution in [2.75, 3.05) is 0 Å². The Morgan fingerprint density at radius 1 is 1.00 bits per heavy atom. The van der Waals surface area contributed by atoms with Crippen LogP contribution < -0.4 is 0 Å². The molecule has 0 bridgehead atoms. The molecule has 0 saturated heterocycles. The number of benzene rings is 2. The number of hydrogen-bond donors (Lipinski definition) is 2. The predicted molar refractivity (Wildman–Crippen MR) is 61.4 cm³/mol. The van der Waals surface area contributed by atoms with Gasteiger partial charge in [0.25, 0.3) is 0 Å². The normalized spacial score (nSPS) is 11.1. The third-order valence-corrected chi connectivity index (χ3v) is 2.63. The van der Waals surface area contributed by atoms with Crippen molar-refractivity contribution in [3.8, 4) is 11.5 Å². The number of aromatic hydroxyl groups is 2. The lowest BCUT2D eigenvalue weighted by molar-refractivity contribution is 0.466. The van der Waals surface area contributed by atoms with E-state index in [-0.39, 0.29) is 17.4 Å². The zero-order chi connectivity index (χ0) is 11.0. The topological polar surface area (TPSA) is 40.5 Å². The summed E-state index contributed by atoms with van der Waals surface area (Å²) in [6.45, 7) is 4.06. The maximum atomic E-state index is 10.0. The molecule has 78 valence electrons. The summed E-state index contributed by atoms with van der Waals surface area (Å²) in [6.07, 6.45) is 0. The third-order valence-electron chi connectivity index (χ3n) is 2.63. The van der Waals surface area contributed by atoms with E-state index in [1.54, 1.807) is 18.2 Å². The van der Waals surface area contributed by atoms with Crippen LogP contribution >= 0.6 is 0 Å². The molecule has 2 aromatic carbocycles. The molecule has 0 aliphatic carbocycles. The lowest BCUT2D eigenvalue weighted by Gasteiger charge is -2.10. The first-order valence-electron chi connectivity index (χ1n) is 5.04. The minimum absolute atomic E-state index is 0.179. The van der Waals surface area contributed by atoms with Crippen LogP contribution in [0.5, 0.6) is 11.5 Å². The molecule has 0 spiro atoms. The Hall–Kier alpha value is -1.70. The lowest BCUT2D eigenvalue weighted by Crippen LogP contribution is -1.88. The molecule has 2 N–H and O–H groups in total. The third kappa shape index (κ3) is 1.63. The van der Waals surface area contributed by atoms with Crippen LogP contribution in [0.4, 0.5) is 0 Å². The molecule has 15 heavy (non-hydrogen) atoms. The minimum Gasteiger partial charge on any atom is -0.508 e. The first-order chi connectivity index (χ1) is 7.09. The van der Waals surface area contributed by atoms with E-state index in [1.165, 1.54) is 0 Å². The first kappa shape index (κ1) is 9.84. The summed E-state index contributed by atoms with van der Waals surface area (Å²) in [5.41, 5.74) is 0.910. The Balaban J connectivity index is 2.77. The summed E-state index contributed by atoms with van der Waals surface area (Å²) in [7, 11) is 0. The Morgan fingerprint density at radius 3 is 2.33 bits per heavy atom. The second-order valence-electron chi connectivity index (χ2n) is 4.06. The summed E-state index contributed by atoms with van der Waals surface area (Å²) < 4.78 is 0. The van der Waals surface area contributed by atoms with Gasteiger partial charge in [-0.25, -0.2) is 0 Å². The second-order valence-corrected chi connectivity index (χ2v) is 4.06. The first-order valence-corrected chi connectivity index (χ1v) is 5.04. The molecular formula is C13H14O2. The number of fused-ring (bicyclic) bond motifs is 1. The Labute approximate surface area is 88.8 Å². The Bertz CT molecular complexity index is 501. The largest absolute Gasteiger partial charge is 0.508 e. The molecule has 0 amide bonds. The average molecular weight is 202 g/mol. The molecule has 2 heteroatoms. The highest BCUT2D eigenvalue weighted by Crippen LogP contribution is 2.34. The van der Waals surface area contributed by atoms with E-state index in [0.717, 1.165) is 10.9 Å². The monoisotopic (exact) mass is 202 g/mol. The highest BCUT2D eigenvalue weighted by molar-refractivity contribution is 5.90. The standard InChI is InChI=1S/C13H14O2/c1-8(2)11-6-4-9-3-5-10(14)7-12(9)13(11)15/h3-8,14-15H,1-2H3. The van der Waals surface area contributed by atoms with Gasteiger partial charge in [-0.3, -0.25) is 0 Å². The number of rotatable bonds is 1. The molecular weight excluding hydrogens is 188 g/mol. The summed E-state index contributed by atoms with van der Waals surface area (Å²) in [6, 6.07) is 8.91. The van der Waals surface area contributed by atoms with Crippen molar-refractivity contribution in [3.63, 3.8) is 0 Å². The highest BCUT2D eigenvalue weighted by Gasteiger charge is 2.09. The fourth-order valence-electron chi connectivity index (χ4n) is 1.77. The lowest BCUT2D eigenvalue weighted by atomic mass is 9.97. The smallest absolute Gasteiger partial charge is 0.126 e. The number of hydrogen-bond acceptors (Lipinski definition) is 2. The molecule has 0 aliphatic heterocycles. The maximum absolute atomic E-state index is 10.0. The van der Waals surface area contributed by atoms with Gasteiger partial charge in [0.05, 0.1) is 0 Å². The fraction of sp³-hybridized carbons (Fsp3) is 0.231. The van der Waals surface area contributed by atoms with Gasteiger partial charge in [0.1, 0.15) is 11.5 Å². The second kappa shape index (κ2) is 3.46. The van der Waals surface area contributed by atoms with Crippen LogP contribution in [0, 0.1) is 0 Å². The summed E-state index contributed by atoms with van der Waals surface area (Å²) in [5.74, 6) is 0.730. The summed E-state index contributed by atoms with van der Waals surface area (Å²) in [4.78, 5) is 0. The van der Waals surface area contributed by atoms with E-state index in [0.29, 0.717) is 5.39 Å². The molecule has 0 aromatic heterocycles. The van der Waals surface area contributed by atoms with E-state index >= 15 is 0 Å². The van der Waals surface area contributed by atoms with Crippen molar-refractivity contribution in [2.24, 2.45) is 0 Å². The summed E-state index contributed by atoms with van der Waals surface area (Å²) in [5, 5.41) is 21.1. The van der Waals surface area contributed by atoms with Crippen molar-refractivity contribution < 1.29 is 10.2 Å². The van der Waals surface area contributed by atoms with Gasteiger partial charge in [-0.05, 0) is 29.0 Å². The molecule has 0 unspecified atom stereocenters. The zero-order valence-electron chi connectivity index (χ0n) is 8.86. The van der Waals surface area contributed by atoms with E-state index in [2.05, 4.69) is 0 Å². The molecule has 0 radical (unpaired) electrons. The van der Waals surface area contributed by atoms with Gasteiger partial charge in [-0.15, -0.1) is 0 Å². The Kier molecular flexibility index (Phi) is 2.27. The fourth-order valence-corrected chi connectivity index (χ4v) is 1.77. The minimum atomic E-state index is 0.179. The van der Waals surface area contributed by atoms with Crippen molar-refractivity contribution >= 4 is 10.8 Å². The van der Waals surface area contributed by atoms with Gasteiger partial charge in [0.2, 0.25) is 0 Å². The van der Waals surface area contributed by atoms with E-state index < -0.39 is 0 Å². The summed E-state index contributed by atoms with van der Waals surface area (Å²) >= 11 is 0. The molecule has 0 aliphatic rings. The van der Waals surface area contributed by atoms with Crippen molar-refractivity contribution in [1.82, 2.24) is 0 Å². The van der Waals surface area contributed by atoms with Crippen molar-refractivity contribution in [3.05, 3.63) is 35.9 Å². The molecule has 2 aromatic rings. The van der Waals surface area contributed by atoms with Gasteiger partial charge in [-0.2, -0.15) is 0 Å². The van der Waals surface area contributed by atoms with Crippen LogP contribution in [0.1, 0.15) is 25.3 Å². The molecule has 2 rings (SSSR count). The highest BCUT2D eigenvalue weighted by atomic mass is 16.3. The molecule has 0 heterocycles. The zero-order valence-corrected chi connectivity index (χ0v) is 8.86. The van der Waals surface area contributed by atoms with Crippen molar-refractivity contribution in [1.29, 1.82) is 0 Å². The molecule has 0 atom stereocenters. The van der Waals surface area contributed by atoms with Gasteiger partial charge >= 0.3 is 0 Å². The van der Waals surface area contributed by atoms with Gasteiger partial charge < -0.3 is 10.2 Å². The molecule has 0 fully saturated rings. The van der Waals surface area contributed by atoms with E-state index in [1.807, 2.05) is 26.0 Å². The number of phenols is 2.